The van der Waals surface area contributed by atoms with Crippen molar-refractivity contribution in [1.29, 1.82) is 0 Å². The van der Waals surface area contributed by atoms with Crippen LogP contribution in [0.15, 0.2) is 97.2 Å². The van der Waals surface area contributed by atoms with Gasteiger partial charge in [-0.2, -0.15) is 0 Å². The molecule has 2 heterocycles. The molecule has 5 aromatic rings. The van der Waals surface area contributed by atoms with Gasteiger partial charge >= 0.3 is 0 Å². The average molecular weight is 632 g/mol. The van der Waals surface area contributed by atoms with Gasteiger partial charge in [-0.05, 0) is 71.6 Å². The number of hydrogen-bond acceptors (Lipinski definition) is 4. The van der Waals surface area contributed by atoms with Crippen LogP contribution in [0.4, 0.5) is 5.69 Å². The molecule has 1 aliphatic rings. The van der Waals surface area contributed by atoms with Crippen molar-refractivity contribution >= 4 is 46.0 Å². The van der Waals surface area contributed by atoms with Gasteiger partial charge in [-0.25, -0.2) is 9.19 Å². The number of rotatable bonds is 9. The third-order valence-corrected chi connectivity index (χ3v) is 8.72. The minimum Gasteiger partial charge on any atom is -0.494 e. The zero-order valence-electron chi connectivity index (χ0n) is 23.3. The van der Waals surface area contributed by atoms with Crippen LogP contribution in [0.25, 0.3) is 28.1 Å². The molecule has 0 bridgehead atoms. The van der Waals surface area contributed by atoms with Crippen LogP contribution >= 0.6 is 23.2 Å². The van der Waals surface area contributed by atoms with E-state index in [2.05, 4.69) is 48.0 Å². The minimum absolute atomic E-state index is 0.0263. The summed E-state index contributed by atoms with van der Waals surface area (Å²) >= 11 is 11.1. The Morgan fingerprint density at radius 1 is 0.930 bits per heavy atom. The van der Waals surface area contributed by atoms with Gasteiger partial charge in [-0.1, -0.05) is 72.6 Å². The fraction of sp³-hybridized carbons (Fsp3) is 0.152. The van der Waals surface area contributed by atoms with Crippen molar-refractivity contribution in [3.63, 3.8) is 0 Å². The van der Waals surface area contributed by atoms with E-state index in [9.17, 15) is 9.00 Å². The van der Waals surface area contributed by atoms with Crippen LogP contribution in [0.2, 0.25) is 10.0 Å². The van der Waals surface area contributed by atoms with Crippen LogP contribution in [-0.2, 0) is 22.4 Å². The number of carbonyl (C=O) groups excluding carboxylic acids is 1. The number of ether oxygens (including phenoxy) is 1. The lowest BCUT2D eigenvalue weighted by molar-refractivity contribution is -0.117. The normalized spacial score (nSPS) is 14.6. The predicted octanol–water partition coefficient (Wildman–Crippen LogP) is 7.41. The Balaban J connectivity index is 1.34. The van der Waals surface area contributed by atoms with E-state index >= 15 is 0 Å². The van der Waals surface area contributed by atoms with Gasteiger partial charge < -0.3 is 9.30 Å². The maximum absolute atomic E-state index is 12.4. The van der Waals surface area contributed by atoms with Crippen LogP contribution in [-0.4, -0.2) is 32.8 Å². The van der Waals surface area contributed by atoms with Gasteiger partial charge in [0.25, 0.3) is 5.91 Å². The molecule has 1 aromatic heterocycles. The summed E-state index contributed by atoms with van der Waals surface area (Å²) in [7, 11) is 0. The highest BCUT2D eigenvalue weighted by molar-refractivity contribution is 7.85. The first-order chi connectivity index (χ1) is 20.9. The van der Waals surface area contributed by atoms with E-state index < -0.39 is 11.2 Å². The minimum atomic E-state index is -1.62. The maximum atomic E-state index is 12.4. The molecule has 0 radical (unpaired) electrons. The first-order valence-corrected chi connectivity index (χ1v) is 15.7. The molecule has 6 rings (SSSR count). The molecular formula is C33H28Cl2N4O3S. The fourth-order valence-electron chi connectivity index (χ4n) is 4.94. The molecule has 43 heavy (non-hydrogen) atoms. The van der Waals surface area contributed by atoms with E-state index in [0.29, 0.717) is 34.5 Å². The predicted molar refractivity (Wildman–Crippen MR) is 173 cm³/mol. The van der Waals surface area contributed by atoms with Crippen LogP contribution in [0, 0.1) is 0 Å². The lowest BCUT2D eigenvalue weighted by Crippen LogP contribution is -2.22. The lowest BCUT2D eigenvalue weighted by atomic mass is 10.0. The highest BCUT2D eigenvalue weighted by Crippen LogP contribution is 2.32. The number of nitrogens with one attached hydrogen (secondary N) is 1. The quantitative estimate of drug-likeness (QED) is 0.184. The molecule has 218 valence electrons. The van der Waals surface area contributed by atoms with E-state index in [-0.39, 0.29) is 12.5 Å². The summed E-state index contributed by atoms with van der Waals surface area (Å²) in [5.41, 5.74) is 6.20. The fourth-order valence-corrected chi connectivity index (χ4v) is 6.35. The first kappa shape index (κ1) is 29.0. The number of anilines is 1. The molecule has 1 aliphatic heterocycles. The second kappa shape index (κ2) is 12.6. The molecule has 10 heteroatoms. The Bertz CT molecular complexity index is 1820. The van der Waals surface area contributed by atoms with Crippen molar-refractivity contribution in [1.82, 2.24) is 14.3 Å². The molecule has 4 aromatic carbocycles. The highest BCUT2D eigenvalue weighted by Gasteiger charge is 2.27. The topological polar surface area (TPSA) is 76.5 Å². The first-order valence-electron chi connectivity index (χ1n) is 13.8. The van der Waals surface area contributed by atoms with E-state index in [1.165, 1.54) is 4.31 Å². The van der Waals surface area contributed by atoms with Crippen LogP contribution < -0.4 is 13.8 Å². The lowest BCUT2D eigenvalue weighted by Gasteiger charge is -2.16. The number of hydrogen-bond donors (Lipinski definition) is 1. The van der Waals surface area contributed by atoms with Crippen LogP contribution in [0.5, 0.6) is 5.75 Å². The van der Waals surface area contributed by atoms with Crippen molar-refractivity contribution in [2.75, 3.05) is 17.5 Å². The van der Waals surface area contributed by atoms with Crippen molar-refractivity contribution in [2.24, 2.45) is 0 Å². The number of carbonyl (C=O) groups is 1. The van der Waals surface area contributed by atoms with Crippen molar-refractivity contribution in [3.05, 3.63) is 119 Å². The molecule has 1 N–H and O–H groups in total. The van der Waals surface area contributed by atoms with E-state index in [1.807, 2.05) is 53.2 Å². The zero-order chi connectivity index (χ0) is 29.9. The highest BCUT2D eigenvalue weighted by atomic mass is 35.5. The number of nitrogens with zero attached hydrogens (tertiary/aromatic N) is 3. The molecule has 1 unspecified atom stereocenters. The van der Waals surface area contributed by atoms with Crippen LogP contribution in [0.1, 0.15) is 24.7 Å². The number of imidazole rings is 1. The largest absolute Gasteiger partial charge is 0.494 e. The summed E-state index contributed by atoms with van der Waals surface area (Å²) in [5, 5.41) is 1.05. The van der Waals surface area contributed by atoms with Crippen LogP contribution in [0.3, 0.4) is 0 Å². The summed E-state index contributed by atoms with van der Waals surface area (Å²) in [6.45, 7) is 2.80. The molecule has 1 fully saturated rings. The molecule has 1 amide bonds. The van der Waals surface area contributed by atoms with Gasteiger partial charge in [-0.15, -0.1) is 0 Å². The monoisotopic (exact) mass is 630 g/mol. The molecule has 7 nitrogen and oxygen atoms in total. The third kappa shape index (κ3) is 6.46. The molecule has 1 saturated heterocycles. The smallest absolute Gasteiger partial charge is 0.253 e. The Morgan fingerprint density at radius 3 is 2.47 bits per heavy atom. The van der Waals surface area contributed by atoms with E-state index in [4.69, 9.17) is 32.9 Å². The number of aromatic nitrogens is 2. The number of amides is 1. The third-order valence-electron chi connectivity index (χ3n) is 7.03. The summed E-state index contributed by atoms with van der Waals surface area (Å²) in [6, 6.07) is 29.4. The molecule has 0 spiro atoms. The Hall–Kier alpha value is -4.11. The zero-order valence-corrected chi connectivity index (χ0v) is 25.6. The van der Waals surface area contributed by atoms with E-state index in [1.54, 1.807) is 12.1 Å². The Labute approximate surface area is 262 Å². The van der Waals surface area contributed by atoms with Gasteiger partial charge in [0.1, 0.15) is 18.1 Å². The van der Waals surface area contributed by atoms with E-state index in [0.717, 1.165) is 45.9 Å². The molecular weight excluding hydrogens is 603 g/mol. The standard InChI is InChI=1S/C33H28Cl2N4O3S/c1-2-15-42-28-8-3-5-24(17-28)23-11-9-22(10-12-23)16-32-36-31(29-14-13-25(34)18-30(29)35)20-38(32)26-6-4-7-27(19-26)39-21-33(40)37-43(39)41/h3-14,17-20H,2,15-16,21H2,1H3,(H,37,40). The van der Waals surface area contributed by atoms with Gasteiger partial charge in [0, 0.05) is 28.9 Å². The van der Waals surface area contributed by atoms with Gasteiger partial charge in [0.05, 0.1) is 23.0 Å². The van der Waals surface area contributed by atoms with Crippen molar-refractivity contribution in [2.45, 2.75) is 19.8 Å². The summed E-state index contributed by atoms with van der Waals surface area (Å²) in [4.78, 5) is 16.8. The number of benzene rings is 4. The van der Waals surface area contributed by atoms with Gasteiger partial charge in [-0.3, -0.25) is 13.8 Å². The van der Waals surface area contributed by atoms with Gasteiger partial charge in [0.15, 0.2) is 0 Å². The molecule has 0 aliphatic carbocycles. The SMILES string of the molecule is CCCOc1cccc(-c2ccc(Cc3nc(-c4ccc(Cl)cc4Cl)cn3-c3cccc(N4CC(=O)NS4=O)c3)cc2)c1. The van der Waals surface area contributed by atoms with Crippen molar-refractivity contribution < 1.29 is 13.7 Å². The number of halogens is 2. The van der Waals surface area contributed by atoms with Crippen molar-refractivity contribution in [3.8, 4) is 33.8 Å². The maximum Gasteiger partial charge on any atom is 0.253 e. The molecule has 0 saturated carbocycles. The van der Waals surface area contributed by atoms with Gasteiger partial charge in [0.2, 0.25) is 11.2 Å². The second-order valence-electron chi connectivity index (χ2n) is 10.1. The summed E-state index contributed by atoms with van der Waals surface area (Å²) < 4.78 is 24.2. The molecule has 1 atom stereocenters. The Morgan fingerprint density at radius 2 is 1.72 bits per heavy atom. The summed E-state index contributed by atoms with van der Waals surface area (Å²) in [5.74, 6) is 1.37. The second-order valence-corrected chi connectivity index (χ2v) is 12.1. The Kier molecular flexibility index (Phi) is 8.51. The summed E-state index contributed by atoms with van der Waals surface area (Å²) in [6.07, 6.45) is 3.44. The average Bonchev–Trinajstić information content (AvgIpc) is 3.58.